The Balaban J connectivity index is 2.06. The zero-order chi connectivity index (χ0) is 10.3. The topological polar surface area (TPSA) is 26.0 Å². The summed E-state index contributed by atoms with van der Waals surface area (Å²) in [5, 5.41) is 0. The molecule has 0 spiro atoms. The summed E-state index contributed by atoms with van der Waals surface area (Å²) in [6.45, 7) is 7.22. The molecule has 0 bridgehead atoms. The van der Waals surface area contributed by atoms with E-state index in [2.05, 4.69) is 20.8 Å². The van der Waals surface area contributed by atoms with Crippen molar-refractivity contribution in [1.82, 2.24) is 0 Å². The molecule has 0 heterocycles. The first-order chi connectivity index (χ1) is 6.48. The fourth-order valence-corrected chi connectivity index (χ4v) is 3.36. The minimum absolute atomic E-state index is 0.493. The molecule has 3 atom stereocenters. The number of hydrogen-bond donors (Lipinski definition) is 1. The molecule has 2 fully saturated rings. The molecule has 0 aromatic rings. The van der Waals surface area contributed by atoms with Crippen LogP contribution in [0.5, 0.6) is 0 Å². The van der Waals surface area contributed by atoms with Crippen LogP contribution in [0.4, 0.5) is 0 Å². The van der Waals surface area contributed by atoms with E-state index in [1.54, 1.807) is 0 Å². The molecule has 0 aromatic carbocycles. The number of nitrogens with two attached hydrogens (primary N) is 1. The van der Waals surface area contributed by atoms with Crippen molar-refractivity contribution in [2.24, 2.45) is 28.9 Å². The lowest BCUT2D eigenvalue weighted by Crippen LogP contribution is -2.39. The normalized spacial score (nSPS) is 39.9. The Hall–Kier alpha value is -0.0400. The summed E-state index contributed by atoms with van der Waals surface area (Å²) in [7, 11) is 0. The lowest BCUT2D eigenvalue weighted by molar-refractivity contribution is 0.0840. The van der Waals surface area contributed by atoms with Gasteiger partial charge in [0.15, 0.2) is 0 Å². The standard InChI is InChI=1S/C13H25N/c1-13(2,3)12-7-6-10(14)8-11(12)9-4-5-9/h9-12H,4-8,14H2,1-3H3. The molecule has 82 valence electrons. The van der Waals surface area contributed by atoms with Crippen LogP contribution in [0, 0.1) is 23.2 Å². The summed E-state index contributed by atoms with van der Waals surface area (Å²) < 4.78 is 0. The third kappa shape index (κ3) is 2.13. The maximum absolute atomic E-state index is 6.10. The van der Waals surface area contributed by atoms with E-state index in [4.69, 9.17) is 5.73 Å². The van der Waals surface area contributed by atoms with Crippen molar-refractivity contribution in [2.45, 2.75) is 58.9 Å². The second-order valence-electron chi connectivity index (χ2n) is 6.55. The van der Waals surface area contributed by atoms with Gasteiger partial charge in [-0.3, -0.25) is 0 Å². The molecule has 0 saturated heterocycles. The molecule has 2 N–H and O–H groups in total. The van der Waals surface area contributed by atoms with Crippen LogP contribution in [-0.4, -0.2) is 6.04 Å². The lowest BCUT2D eigenvalue weighted by Gasteiger charge is -2.42. The third-order valence-electron chi connectivity index (χ3n) is 4.28. The molecule has 14 heavy (non-hydrogen) atoms. The highest BCUT2D eigenvalue weighted by atomic mass is 14.7. The van der Waals surface area contributed by atoms with E-state index in [0.29, 0.717) is 11.5 Å². The van der Waals surface area contributed by atoms with Crippen LogP contribution < -0.4 is 5.73 Å². The van der Waals surface area contributed by atoms with Crippen molar-refractivity contribution in [3.63, 3.8) is 0 Å². The molecule has 2 rings (SSSR count). The second kappa shape index (κ2) is 3.52. The van der Waals surface area contributed by atoms with Gasteiger partial charge < -0.3 is 5.73 Å². The number of rotatable bonds is 1. The maximum atomic E-state index is 6.10. The number of hydrogen-bond acceptors (Lipinski definition) is 1. The van der Waals surface area contributed by atoms with E-state index in [-0.39, 0.29) is 0 Å². The van der Waals surface area contributed by atoms with Gasteiger partial charge in [0.1, 0.15) is 0 Å². The second-order valence-corrected chi connectivity index (χ2v) is 6.55. The van der Waals surface area contributed by atoms with Gasteiger partial charge in [-0.05, 0) is 55.3 Å². The summed E-state index contributed by atoms with van der Waals surface area (Å²) in [5.74, 6) is 2.90. The average Bonchev–Trinajstić information content (AvgIpc) is 2.83. The van der Waals surface area contributed by atoms with Gasteiger partial charge in [-0.25, -0.2) is 0 Å². The van der Waals surface area contributed by atoms with Crippen molar-refractivity contribution >= 4 is 0 Å². The summed E-state index contributed by atoms with van der Waals surface area (Å²) in [6.07, 6.45) is 6.87. The van der Waals surface area contributed by atoms with E-state index < -0.39 is 0 Å². The maximum Gasteiger partial charge on any atom is 0.00417 e. The van der Waals surface area contributed by atoms with Crippen LogP contribution in [0.15, 0.2) is 0 Å². The van der Waals surface area contributed by atoms with Gasteiger partial charge in [-0.15, -0.1) is 0 Å². The molecule has 0 aromatic heterocycles. The predicted molar refractivity (Wildman–Crippen MR) is 61.0 cm³/mol. The fourth-order valence-electron chi connectivity index (χ4n) is 3.36. The molecule has 1 heteroatoms. The third-order valence-corrected chi connectivity index (χ3v) is 4.28. The van der Waals surface area contributed by atoms with Crippen molar-refractivity contribution in [1.29, 1.82) is 0 Å². The lowest BCUT2D eigenvalue weighted by atomic mass is 9.64. The Morgan fingerprint density at radius 1 is 1.00 bits per heavy atom. The smallest absolute Gasteiger partial charge is 0.00417 e. The highest BCUT2D eigenvalue weighted by Crippen LogP contribution is 2.51. The van der Waals surface area contributed by atoms with Crippen LogP contribution in [-0.2, 0) is 0 Å². The van der Waals surface area contributed by atoms with Crippen LogP contribution in [0.25, 0.3) is 0 Å². The molecule has 0 amide bonds. The molecule has 0 aliphatic heterocycles. The first-order valence-electron chi connectivity index (χ1n) is 6.24. The van der Waals surface area contributed by atoms with E-state index in [9.17, 15) is 0 Å². The average molecular weight is 195 g/mol. The molecular formula is C13H25N. The minimum atomic E-state index is 0.493. The van der Waals surface area contributed by atoms with Gasteiger partial charge in [0, 0.05) is 6.04 Å². The fraction of sp³-hybridized carbons (Fsp3) is 1.00. The minimum Gasteiger partial charge on any atom is -0.328 e. The summed E-state index contributed by atoms with van der Waals surface area (Å²) in [5.41, 5.74) is 6.59. The van der Waals surface area contributed by atoms with Crippen LogP contribution >= 0.6 is 0 Å². The van der Waals surface area contributed by atoms with Crippen LogP contribution in [0.3, 0.4) is 0 Å². The van der Waals surface area contributed by atoms with E-state index in [0.717, 1.165) is 17.8 Å². The monoisotopic (exact) mass is 195 g/mol. The first kappa shape index (κ1) is 10.5. The molecular weight excluding hydrogens is 170 g/mol. The molecule has 1 nitrogen and oxygen atoms in total. The van der Waals surface area contributed by atoms with Crippen molar-refractivity contribution < 1.29 is 0 Å². The van der Waals surface area contributed by atoms with Crippen molar-refractivity contribution in [3.8, 4) is 0 Å². The van der Waals surface area contributed by atoms with Crippen LogP contribution in [0.1, 0.15) is 52.9 Å². The van der Waals surface area contributed by atoms with Gasteiger partial charge in [-0.2, -0.15) is 0 Å². The van der Waals surface area contributed by atoms with Gasteiger partial charge >= 0.3 is 0 Å². The summed E-state index contributed by atoms with van der Waals surface area (Å²) in [4.78, 5) is 0. The molecule has 2 saturated carbocycles. The van der Waals surface area contributed by atoms with Gasteiger partial charge in [-0.1, -0.05) is 20.8 Å². The van der Waals surface area contributed by atoms with E-state index in [1.807, 2.05) is 0 Å². The first-order valence-corrected chi connectivity index (χ1v) is 6.24. The van der Waals surface area contributed by atoms with Crippen molar-refractivity contribution in [3.05, 3.63) is 0 Å². The molecule has 2 aliphatic carbocycles. The van der Waals surface area contributed by atoms with Gasteiger partial charge in [0.2, 0.25) is 0 Å². The highest BCUT2D eigenvalue weighted by Gasteiger charge is 2.43. The SMILES string of the molecule is CC(C)(C)C1CCC(N)CC1C1CC1. The Morgan fingerprint density at radius 3 is 2.14 bits per heavy atom. The predicted octanol–water partition coefficient (Wildman–Crippen LogP) is 3.19. The van der Waals surface area contributed by atoms with Crippen LogP contribution in [0.2, 0.25) is 0 Å². The van der Waals surface area contributed by atoms with E-state index in [1.165, 1.54) is 32.1 Å². The Labute approximate surface area is 88.4 Å². The quantitative estimate of drug-likeness (QED) is 0.683. The Morgan fingerprint density at radius 2 is 1.64 bits per heavy atom. The largest absolute Gasteiger partial charge is 0.328 e. The molecule has 2 aliphatic rings. The molecule has 0 radical (unpaired) electrons. The van der Waals surface area contributed by atoms with Gasteiger partial charge in [0.05, 0.1) is 0 Å². The zero-order valence-corrected chi connectivity index (χ0v) is 9.92. The summed E-state index contributed by atoms with van der Waals surface area (Å²) in [6, 6.07) is 0.499. The highest BCUT2D eigenvalue weighted by molar-refractivity contribution is 4.95. The van der Waals surface area contributed by atoms with E-state index >= 15 is 0 Å². The van der Waals surface area contributed by atoms with Gasteiger partial charge in [0.25, 0.3) is 0 Å². The summed E-state index contributed by atoms with van der Waals surface area (Å²) >= 11 is 0. The van der Waals surface area contributed by atoms with Crippen molar-refractivity contribution in [2.75, 3.05) is 0 Å². The zero-order valence-electron chi connectivity index (χ0n) is 9.92. The Kier molecular flexibility index (Phi) is 2.63. The molecule has 3 unspecified atom stereocenters. The Bertz CT molecular complexity index is 200.